The van der Waals surface area contributed by atoms with Gasteiger partial charge < -0.3 is 33.5 Å². The van der Waals surface area contributed by atoms with Crippen molar-refractivity contribution in [2.24, 2.45) is 40.9 Å². The SMILES string of the molecule is COC[C@]12CC[C@H](OC)[C@@]3(OC1O)[C@@H]1[C@@H]4C[C@H]5[C@H](OC(C)=O)[C@@H]4[C@](OC(C)=O)(C[C@@H]5OC)[C@@H]1C[C@H]23. The fourth-order valence-corrected chi connectivity index (χ4v) is 10.4. The largest absolute Gasteiger partial charge is 0.462 e. The van der Waals surface area contributed by atoms with Crippen molar-refractivity contribution in [3.8, 4) is 0 Å². The predicted octanol–water partition coefficient (Wildman–Crippen LogP) is 1.69. The van der Waals surface area contributed by atoms with Crippen molar-refractivity contribution in [1.82, 2.24) is 0 Å². The molecule has 0 aromatic carbocycles. The topological polar surface area (TPSA) is 110 Å². The molecule has 13 atom stereocenters. The Balaban J connectivity index is 1.52. The van der Waals surface area contributed by atoms with Gasteiger partial charge in [0.2, 0.25) is 0 Å². The van der Waals surface area contributed by atoms with E-state index in [9.17, 15) is 14.7 Å². The van der Waals surface area contributed by atoms with E-state index >= 15 is 0 Å². The third-order valence-electron chi connectivity index (χ3n) is 10.9. The number of fused-ring (bicyclic) bond motifs is 4. The molecule has 196 valence electrons. The Hall–Kier alpha value is -1.26. The summed E-state index contributed by atoms with van der Waals surface area (Å²) in [4.78, 5) is 24.8. The van der Waals surface area contributed by atoms with Crippen LogP contribution in [0.5, 0.6) is 0 Å². The van der Waals surface area contributed by atoms with E-state index in [0.29, 0.717) is 13.0 Å². The Morgan fingerprint density at radius 1 is 1.03 bits per heavy atom. The first-order chi connectivity index (χ1) is 16.7. The average molecular weight is 495 g/mol. The molecule has 0 spiro atoms. The van der Waals surface area contributed by atoms with Gasteiger partial charge in [-0.25, -0.2) is 0 Å². The van der Waals surface area contributed by atoms with E-state index in [4.69, 9.17) is 28.4 Å². The average Bonchev–Trinajstić information content (AvgIpc) is 3.40. The molecule has 1 heterocycles. The van der Waals surface area contributed by atoms with Gasteiger partial charge in [-0.1, -0.05) is 0 Å². The van der Waals surface area contributed by atoms with Crippen LogP contribution in [0.1, 0.15) is 46.0 Å². The van der Waals surface area contributed by atoms with Crippen molar-refractivity contribution >= 4 is 11.9 Å². The summed E-state index contributed by atoms with van der Waals surface area (Å²) in [5.74, 6) is -0.659. The van der Waals surface area contributed by atoms with Crippen LogP contribution in [0.4, 0.5) is 0 Å². The quantitative estimate of drug-likeness (QED) is 0.552. The minimum atomic E-state index is -0.938. The molecule has 1 aliphatic heterocycles. The van der Waals surface area contributed by atoms with E-state index in [0.717, 1.165) is 25.7 Å². The Bertz CT molecular complexity index is 909. The fourth-order valence-electron chi connectivity index (χ4n) is 10.4. The molecule has 1 saturated heterocycles. The highest BCUT2D eigenvalue weighted by Gasteiger charge is 2.85. The van der Waals surface area contributed by atoms with Crippen molar-refractivity contribution in [2.45, 2.75) is 81.8 Å². The highest BCUT2D eigenvalue weighted by molar-refractivity contribution is 5.67. The van der Waals surface area contributed by atoms with E-state index < -0.39 is 22.9 Å². The van der Waals surface area contributed by atoms with Crippen molar-refractivity contribution in [3.63, 3.8) is 0 Å². The van der Waals surface area contributed by atoms with Gasteiger partial charge >= 0.3 is 11.9 Å². The van der Waals surface area contributed by atoms with Gasteiger partial charge in [-0.15, -0.1) is 0 Å². The van der Waals surface area contributed by atoms with Crippen molar-refractivity contribution in [1.29, 1.82) is 0 Å². The van der Waals surface area contributed by atoms with Crippen LogP contribution in [0, 0.1) is 40.9 Å². The van der Waals surface area contributed by atoms with Gasteiger partial charge in [-0.3, -0.25) is 9.59 Å². The van der Waals surface area contributed by atoms with Crippen molar-refractivity contribution in [3.05, 3.63) is 0 Å². The zero-order chi connectivity index (χ0) is 24.9. The Morgan fingerprint density at radius 3 is 2.43 bits per heavy atom. The van der Waals surface area contributed by atoms with Crippen LogP contribution < -0.4 is 0 Å². The standard InChI is InChI=1S/C26H38O9/c1-12(27)33-22-14-8-15-20-16(25(21(15)22,34-13(2)28)10-17(14)31-4)9-18-24(11-30-3)7-6-19(32-5)26(18,20)35-23(24)29/h14-23,29H,6-11H2,1-5H3/t14-,15+,16-,17+,18-,19+,20-,21-,22+,23?,24+,25+,26-/m1/s1. The number of esters is 2. The van der Waals surface area contributed by atoms with Crippen LogP contribution >= 0.6 is 0 Å². The first-order valence-corrected chi connectivity index (χ1v) is 13.0. The Kier molecular flexibility index (Phi) is 5.42. The maximum Gasteiger partial charge on any atom is 0.303 e. The second kappa shape index (κ2) is 7.87. The number of hydrogen-bond acceptors (Lipinski definition) is 9. The van der Waals surface area contributed by atoms with E-state index in [1.807, 2.05) is 0 Å². The summed E-state index contributed by atoms with van der Waals surface area (Å²) in [5.41, 5.74) is -2.04. The zero-order valence-electron chi connectivity index (χ0n) is 21.2. The number of carbonyl (C=O) groups is 2. The third-order valence-corrected chi connectivity index (χ3v) is 10.9. The predicted molar refractivity (Wildman–Crippen MR) is 120 cm³/mol. The molecule has 6 fully saturated rings. The van der Waals surface area contributed by atoms with E-state index in [1.165, 1.54) is 13.8 Å². The normalized spacial score (nSPS) is 54.9. The molecule has 1 unspecified atom stereocenters. The lowest BCUT2D eigenvalue weighted by atomic mass is 9.59. The number of ether oxygens (including phenoxy) is 6. The van der Waals surface area contributed by atoms with Crippen LogP contribution in [0.3, 0.4) is 0 Å². The second-order valence-corrected chi connectivity index (χ2v) is 11.9. The monoisotopic (exact) mass is 494 g/mol. The smallest absolute Gasteiger partial charge is 0.303 e. The highest BCUT2D eigenvalue weighted by atomic mass is 16.6. The van der Waals surface area contributed by atoms with Crippen LogP contribution in [0.25, 0.3) is 0 Å². The number of aliphatic hydroxyl groups is 1. The molecule has 9 nitrogen and oxygen atoms in total. The van der Waals surface area contributed by atoms with E-state index in [2.05, 4.69) is 0 Å². The van der Waals surface area contributed by atoms with Crippen LogP contribution in [-0.2, 0) is 38.0 Å². The number of hydrogen-bond donors (Lipinski definition) is 1. The lowest BCUT2D eigenvalue weighted by Gasteiger charge is -2.49. The molecule has 0 radical (unpaired) electrons. The molecule has 6 rings (SSSR count). The summed E-state index contributed by atoms with van der Waals surface area (Å²) in [6.07, 6.45) is 1.97. The minimum absolute atomic E-state index is 0.0105. The van der Waals surface area contributed by atoms with Crippen molar-refractivity contribution in [2.75, 3.05) is 27.9 Å². The molecule has 0 aromatic rings. The number of rotatable bonds is 6. The molecule has 9 heteroatoms. The van der Waals surface area contributed by atoms with Gasteiger partial charge in [0.1, 0.15) is 17.3 Å². The number of methoxy groups -OCH3 is 3. The maximum atomic E-state index is 12.6. The Morgan fingerprint density at radius 2 is 1.80 bits per heavy atom. The van der Waals surface area contributed by atoms with E-state index in [1.54, 1.807) is 21.3 Å². The lowest BCUT2D eigenvalue weighted by molar-refractivity contribution is -0.221. The summed E-state index contributed by atoms with van der Waals surface area (Å²) in [5, 5.41) is 11.3. The van der Waals surface area contributed by atoms with Gasteiger partial charge in [-0.2, -0.15) is 0 Å². The molecule has 0 amide bonds. The van der Waals surface area contributed by atoms with Crippen LogP contribution in [-0.4, -0.2) is 80.8 Å². The second-order valence-electron chi connectivity index (χ2n) is 11.9. The van der Waals surface area contributed by atoms with Crippen molar-refractivity contribution < 1.29 is 43.1 Å². The molecular formula is C26H38O9. The Labute approximate surface area is 206 Å². The van der Waals surface area contributed by atoms with Crippen LogP contribution in [0.15, 0.2) is 0 Å². The molecule has 0 aromatic heterocycles. The number of aliphatic hydroxyl groups excluding tert-OH is 1. The molecule has 1 N–H and O–H groups in total. The van der Waals surface area contributed by atoms with Gasteiger partial charge in [0, 0.05) is 71.2 Å². The molecule has 5 saturated carbocycles. The third kappa shape index (κ3) is 2.77. The first-order valence-electron chi connectivity index (χ1n) is 13.0. The number of carbonyl (C=O) groups excluding carboxylic acids is 2. The van der Waals surface area contributed by atoms with E-state index in [-0.39, 0.29) is 65.8 Å². The summed E-state index contributed by atoms with van der Waals surface area (Å²) in [7, 11) is 5.07. The molecule has 35 heavy (non-hydrogen) atoms. The zero-order valence-corrected chi connectivity index (χ0v) is 21.2. The summed E-state index contributed by atoms with van der Waals surface area (Å²) in [6.45, 7) is 3.30. The fraction of sp³-hybridized carbons (Fsp3) is 0.923. The maximum absolute atomic E-state index is 12.6. The first kappa shape index (κ1) is 24.1. The minimum Gasteiger partial charge on any atom is -0.462 e. The van der Waals surface area contributed by atoms with Gasteiger partial charge in [0.05, 0.1) is 24.2 Å². The van der Waals surface area contributed by atoms with Gasteiger partial charge in [-0.05, 0) is 31.6 Å². The van der Waals surface area contributed by atoms with Gasteiger partial charge in [0.15, 0.2) is 6.29 Å². The summed E-state index contributed by atoms with van der Waals surface area (Å²) in [6, 6.07) is 0. The highest BCUT2D eigenvalue weighted by Crippen LogP contribution is 2.78. The summed E-state index contributed by atoms with van der Waals surface area (Å²) < 4.78 is 36.7. The summed E-state index contributed by atoms with van der Waals surface area (Å²) >= 11 is 0. The van der Waals surface area contributed by atoms with Crippen LogP contribution in [0.2, 0.25) is 0 Å². The molecule has 4 bridgehead atoms. The lowest BCUT2D eigenvalue weighted by Crippen LogP contribution is -2.58. The molecular weight excluding hydrogens is 456 g/mol. The van der Waals surface area contributed by atoms with Gasteiger partial charge in [0.25, 0.3) is 0 Å². The molecule has 5 aliphatic carbocycles. The molecule has 6 aliphatic rings.